The molecular formula is C30H36ClNO2. The lowest BCUT2D eigenvalue weighted by molar-refractivity contribution is -0.108. The van der Waals surface area contributed by atoms with Crippen molar-refractivity contribution in [2.75, 3.05) is 0 Å². The van der Waals surface area contributed by atoms with Crippen LogP contribution < -0.4 is 0 Å². The van der Waals surface area contributed by atoms with Crippen molar-refractivity contribution in [3.05, 3.63) is 106 Å². The van der Waals surface area contributed by atoms with Gasteiger partial charge in [0.1, 0.15) is 6.29 Å². The van der Waals surface area contributed by atoms with E-state index in [1.54, 1.807) is 0 Å². The SMILES string of the molecule is C=C(C)/C=C\C(Cl)=C/C.CCCc1ccc(C(CC=O)N2Cc3ccccc3C2=O)cc1CC. The molecule has 34 heavy (non-hydrogen) atoms. The summed E-state index contributed by atoms with van der Waals surface area (Å²) < 4.78 is 0. The van der Waals surface area contributed by atoms with E-state index in [4.69, 9.17) is 11.6 Å². The zero-order chi connectivity index (χ0) is 25.1. The zero-order valence-electron chi connectivity index (χ0n) is 20.8. The van der Waals surface area contributed by atoms with E-state index in [0.29, 0.717) is 13.0 Å². The maximum absolute atomic E-state index is 12.8. The van der Waals surface area contributed by atoms with Gasteiger partial charge in [-0.3, -0.25) is 4.79 Å². The Kier molecular flexibility index (Phi) is 11.0. The standard InChI is InChI=1S/C22H25NO2.C8H11Cl/c1-3-7-17-10-11-18(14-16(17)4-2)21(12-13-24)23-15-19-8-5-6-9-20(19)22(23)25;1-4-8(9)6-5-7(2)3/h5-6,8-11,13-14,21H,3-4,7,12,15H2,1-2H3;4-6H,2H2,1,3H3/b;6-5-,8-4+. The number of benzene rings is 2. The molecule has 1 amide bonds. The van der Waals surface area contributed by atoms with Crippen LogP contribution in [0.15, 0.2) is 77.9 Å². The van der Waals surface area contributed by atoms with Crippen LogP contribution >= 0.6 is 11.6 Å². The average Bonchev–Trinajstić information content (AvgIpc) is 3.18. The normalized spacial score (nSPS) is 14.0. The van der Waals surface area contributed by atoms with Crippen LogP contribution in [0.1, 0.15) is 79.2 Å². The van der Waals surface area contributed by atoms with Gasteiger partial charge in [0.05, 0.1) is 6.04 Å². The third-order valence-corrected chi connectivity index (χ3v) is 6.21. The summed E-state index contributed by atoms with van der Waals surface area (Å²) in [6.07, 6.45) is 9.93. The Balaban J connectivity index is 0.000000387. The number of halogens is 1. The number of carbonyl (C=O) groups excluding carboxylic acids is 2. The molecule has 1 aliphatic heterocycles. The second-order valence-corrected chi connectivity index (χ2v) is 8.93. The van der Waals surface area contributed by atoms with Crippen LogP contribution in [0.4, 0.5) is 0 Å². The largest absolute Gasteiger partial charge is 0.327 e. The lowest BCUT2D eigenvalue weighted by Crippen LogP contribution is -2.29. The van der Waals surface area contributed by atoms with Gasteiger partial charge in [-0.1, -0.05) is 92.6 Å². The van der Waals surface area contributed by atoms with Gasteiger partial charge in [0.25, 0.3) is 5.91 Å². The summed E-state index contributed by atoms with van der Waals surface area (Å²) in [6, 6.07) is 14.0. The Morgan fingerprint density at radius 3 is 2.47 bits per heavy atom. The Labute approximate surface area is 209 Å². The van der Waals surface area contributed by atoms with E-state index in [2.05, 4.69) is 38.6 Å². The van der Waals surface area contributed by atoms with Crippen molar-refractivity contribution in [1.82, 2.24) is 4.90 Å². The van der Waals surface area contributed by atoms with Crippen molar-refractivity contribution in [3.63, 3.8) is 0 Å². The number of allylic oxidation sites excluding steroid dienone is 5. The van der Waals surface area contributed by atoms with Gasteiger partial charge in [0.2, 0.25) is 0 Å². The summed E-state index contributed by atoms with van der Waals surface area (Å²) in [5, 5.41) is 0.748. The van der Waals surface area contributed by atoms with E-state index in [-0.39, 0.29) is 11.9 Å². The van der Waals surface area contributed by atoms with Gasteiger partial charge in [-0.05, 0) is 61.1 Å². The first-order chi connectivity index (χ1) is 16.4. The summed E-state index contributed by atoms with van der Waals surface area (Å²) in [6.45, 7) is 12.4. The van der Waals surface area contributed by atoms with Crippen molar-refractivity contribution in [2.45, 2.75) is 66.0 Å². The predicted molar refractivity (Wildman–Crippen MR) is 143 cm³/mol. The maximum Gasteiger partial charge on any atom is 0.255 e. The molecule has 3 rings (SSSR count). The van der Waals surface area contributed by atoms with Crippen LogP contribution in [0, 0.1) is 0 Å². The molecule has 1 aliphatic rings. The van der Waals surface area contributed by atoms with E-state index in [1.165, 1.54) is 11.1 Å². The van der Waals surface area contributed by atoms with Crippen molar-refractivity contribution in [2.24, 2.45) is 0 Å². The molecule has 1 atom stereocenters. The summed E-state index contributed by atoms with van der Waals surface area (Å²) in [5.41, 5.74) is 6.56. The Bertz CT molecular complexity index is 1070. The molecular weight excluding hydrogens is 442 g/mol. The van der Waals surface area contributed by atoms with E-state index >= 15 is 0 Å². The van der Waals surface area contributed by atoms with Crippen molar-refractivity contribution in [3.8, 4) is 0 Å². The molecule has 0 fully saturated rings. The molecule has 2 aromatic carbocycles. The lowest BCUT2D eigenvalue weighted by atomic mass is 9.94. The molecule has 4 heteroatoms. The lowest BCUT2D eigenvalue weighted by Gasteiger charge is -2.27. The minimum Gasteiger partial charge on any atom is -0.327 e. The van der Waals surface area contributed by atoms with Crippen LogP contribution in [0.5, 0.6) is 0 Å². The van der Waals surface area contributed by atoms with Crippen molar-refractivity contribution >= 4 is 23.8 Å². The second-order valence-electron chi connectivity index (χ2n) is 8.49. The van der Waals surface area contributed by atoms with Crippen LogP contribution in [-0.4, -0.2) is 17.1 Å². The summed E-state index contributed by atoms with van der Waals surface area (Å²) in [4.78, 5) is 26.0. The highest BCUT2D eigenvalue weighted by Gasteiger charge is 2.33. The van der Waals surface area contributed by atoms with Crippen LogP contribution in [0.2, 0.25) is 0 Å². The van der Waals surface area contributed by atoms with Crippen LogP contribution in [0.3, 0.4) is 0 Å². The number of hydrogen-bond acceptors (Lipinski definition) is 2. The second kappa shape index (κ2) is 13.7. The number of fused-ring (bicyclic) bond motifs is 1. The molecule has 0 spiro atoms. The van der Waals surface area contributed by atoms with Gasteiger partial charge >= 0.3 is 0 Å². The fourth-order valence-electron chi connectivity index (χ4n) is 4.08. The number of amides is 1. The minimum absolute atomic E-state index is 0.0260. The van der Waals surface area contributed by atoms with Gasteiger partial charge in [0.15, 0.2) is 0 Å². The highest BCUT2D eigenvalue weighted by molar-refractivity contribution is 6.31. The third-order valence-electron chi connectivity index (χ3n) is 5.86. The number of aryl methyl sites for hydroxylation is 2. The highest BCUT2D eigenvalue weighted by Crippen LogP contribution is 2.34. The monoisotopic (exact) mass is 477 g/mol. The summed E-state index contributed by atoms with van der Waals surface area (Å²) >= 11 is 5.64. The zero-order valence-corrected chi connectivity index (χ0v) is 21.6. The number of carbonyl (C=O) groups is 2. The van der Waals surface area contributed by atoms with Gasteiger partial charge in [0, 0.05) is 23.6 Å². The van der Waals surface area contributed by atoms with E-state index in [1.807, 2.05) is 61.2 Å². The molecule has 1 unspecified atom stereocenters. The van der Waals surface area contributed by atoms with Gasteiger partial charge in [-0.2, -0.15) is 0 Å². The molecule has 1 heterocycles. The number of hydrogen-bond donors (Lipinski definition) is 0. The van der Waals surface area contributed by atoms with E-state index < -0.39 is 0 Å². The Morgan fingerprint density at radius 2 is 1.88 bits per heavy atom. The molecule has 0 bridgehead atoms. The minimum atomic E-state index is -0.196. The van der Waals surface area contributed by atoms with Gasteiger partial charge in [-0.25, -0.2) is 0 Å². The van der Waals surface area contributed by atoms with E-state index in [0.717, 1.165) is 52.8 Å². The molecule has 3 nitrogen and oxygen atoms in total. The first-order valence-corrected chi connectivity index (χ1v) is 12.3. The smallest absolute Gasteiger partial charge is 0.255 e. The number of nitrogens with zero attached hydrogens (tertiary/aromatic N) is 1. The third kappa shape index (κ3) is 7.30. The number of rotatable bonds is 9. The number of aldehydes is 1. The average molecular weight is 478 g/mol. The Hall–Kier alpha value is -2.91. The van der Waals surface area contributed by atoms with Gasteiger partial charge in [-0.15, -0.1) is 0 Å². The maximum atomic E-state index is 12.8. The first-order valence-electron chi connectivity index (χ1n) is 12.0. The molecule has 180 valence electrons. The topological polar surface area (TPSA) is 37.4 Å². The molecule has 2 aromatic rings. The predicted octanol–water partition coefficient (Wildman–Crippen LogP) is 7.75. The van der Waals surface area contributed by atoms with Crippen LogP contribution in [0.25, 0.3) is 0 Å². The molecule has 0 radical (unpaired) electrons. The summed E-state index contributed by atoms with van der Waals surface area (Å²) in [7, 11) is 0. The fourth-order valence-corrected chi connectivity index (χ4v) is 4.14. The summed E-state index contributed by atoms with van der Waals surface area (Å²) in [5.74, 6) is 0.0260. The highest BCUT2D eigenvalue weighted by atomic mass is 35.5. The Morgan fingerprint density at radius 1 is 1.15 bits per heavy atom. The van der Waals surface area contributed by atoms with Crippen LogP contribution in [-0.2, 0) is 24.2 Å². The quantitative estimate of drug-likeness (QED) is 0.273. The molecule has 0 aliphatic carbocycles. The fraction of sp³-hybridized carbons (Fsp3) is 0.333. The van der Waals surface area contributed by atoms with Crippen molar-refractivity contribution in [1.29, 1.82) is 0 Å². The van der Waals surface area contributed by atoms with Gasteiger partial charge < -0.3 is 9.69 Å². The molecule has 0 saturated carbocycles. The molecule has 0 N–H and O–H groups in total. The molecule has 0 saturated heterocycles. The first kappa shape index (κ1) is 27.3. The van der Waals surface area contributed by atoms with E-state index in [9.17, 15) is 9.59 Å². The van der Waals surface area contributed by atoms with Crippen molar-refractivity contribution < 1.29 is 9.59 Å². The molecule has 0 aromatic heterocycles.